The van der Waals surface area contributed by atoms with Crippen LogP contribution in [0.5, 0.6) is 23.0 Å². The maximum atomic E-state index is 12.2. The van der Waals surface area contributed by atoms with E-state index in [-0.39, 0.29) is 52.9 Å². The van der Waals surface area contributed by atoms with Gasteiger partial charge < -0.3 is 47.9 Å². The van der Waals surface area contributed by atoms with Crippen LogP contribution in [0.1, 0.15) is 50.5 Å². The fourth-order valence-corrected chi connectivity index (χ4v) is 8.67. The second kappa shape index (κ2) is 24.1. The summed E-state index contributed by atoms with van der Waals surface area (Å²) in [6.45, 7) is 7.03. The standard InChI is InChI=1S/C60H54N4O12/c1-5-69-53(65)33-73-41-17-9-37(10-18-41)57-45-25-27-47(61-45)58(38-11-19-42(20-12-38)74-34-54(66)70-6-2)49-29-31-51(63-49)60(40-15-23-44(24-16-40)76-36-56(68)72-8-4)52-32-30-50(64-52)59(48-28-26-46(57)62-48)39-13-21-43(22-14-39)75-35-55(67)71-7-3/h9-32,61,64H,5-8,33-36H2,1-4H3. The number of aromatic amines is 2. The molecule has 9 rings (SSSR count). The van der Waals surface area contributed by atoms with Crippen LogP contribution in [0, 0.1) is 0 Å². The van der Waals surface area contributed by atoms with Crippen LogP contribution >= 0.6 is 0 Å². The SMILES string of the molecule is CCOC(=O)COc1ccc(-c2c3nc(c(-c4ccc(OCC(=O)OCC)cc4)c4ccc([nH]4)c(-c4ccc(OCC(=O)OCC)cc4)c4nc(c(-c5ccc(OCC(=O)OCC)cc5)c5ccc2[nH]5)C=C4)C=C3)cc1. The molecule has 5 heterocycles. The van der Waals surface area contributed by atoms with Crippen LogP contribution in [0.25, 0.3) is 90.9 Å². The van der Waals surface area contributed by atoms with Crippen molar-refractivity contribution in [1.82, 2.24) is 19.9 Å². The molecule has 16 heteroatoms. The fraction of sp³-hybridized carbons (Fsp3) is 0.200. The maximum Gasteiger partial charge on any atom is 0.344 e. The number of nitrogens with zero attached hydrogens (tertiary/aromatic N) is 2. The number of hydrogen-bond donors (Lipinski definition) is 2. The van der Waals surface area contributed by atoms with Gasteiger partial charge >= 0.3 is 23.9 Å². The quantitative estimate of drug-likeness (QED) is 0.0539. The number of aromatic nitrogens is 4. The molecule has 3 aromatic heterocycles. The summed E-state index contributed by atoms with van der Waals surface area (Å²) in [6.07, 6.45) is 7.90. The molecule has 2 aliphatic rings. The maximum absolute atomic E-state index is 12.2. The molecule has 0 atom stereocenters. The van der Waals surface area contributed by atoms with Gasteiger partial charge in [0.1, 0.15) is 23.0 Å². The van der Waals surface area contributed by atoms with E-state index in [2.05, 4.69) is 9.97 Å². The molecular formula is C60H54N4O12. The van der Waals surface area contributed by atoms with E-state index in [1.165, 1.54) is 0 Å². The zero-order valence-electron chi connectivity index (χ0n) is 42.3. The Morgan fingerprint density at radius 1 is 0.329 bits per heavy atom. The number of nitrogens with one attached hydrogen (secondary N) is 2. The van der Waals surface area contributed by atoms with Gasteiger partial charge in [0.2, 0.25) is 0 Å². The first kappa shape index (κ1) is 51.5. The summed E-state index contributed by atoms with van der Waals surface area (Å²) in [5.41, 5.74) is 12.0. The Bertz CT molecular complexity index is 3030. The number of ether oxygens (including phenoxy) is 8. The number of rotatable bonds is 20. The lowest BCUT2D eigenvalue weighted by molar-refractivity contribution is -0.146. The minimum Gasteiger partial charge on any atom is -0.482 e. The molecule has 0 spiro atoms. The predicted octanol–water partition coefficient (Wildman–Crippen LogP) is 11.1. The van der Waals surface area contributed by atoms with Crippen molar-refractivity contribution in [2.24, 2.45) is 0 Å². The minimum atomic E-state index is -0.467. The monoisotopic (exact) mass is 1020 g/mol. The van der Waals surface area contributed by atoms with Gasteiger partial charge in [-0.2, -0.15) is 0 Å². The Morgan fingerprint density at radius 2 is 0.539 bits per heavy atom. The minimum absolute atomic E-state index is 0.233. The molecule has 0 amide bonds. The summed E-state index contributed by atoms with van der Waals surface area (Å²) in [4.78, 5) is 66.9. The van der Waals surface area contributed by atoms with Crippen molar-refractivity contribution >= 4 is 70.2 Å². The van der Waals surface area contributed by atoms with Gasteiger partial charge in [0.25, 0.3) is 0 Å². The predicted molar refractivity (Wildman–Crippen MR) is 289 cm³/mol. The molecule has 76 heavy (non-hydrogen) atoms. The molecule has 0 fully saturated rings. The van der Waals surface area contributed by atoms with Gasteiger partial charge in [-0.15, -0.1) is 0 Å². The Kier molecular flexibility index (Phi) is 16.3. The Balaban J connectivity index is 1.27. The lowest BCUT2D eigenvalue weighted by atomic mass is 10.0. The van der Waals surface area contributed by atoms with E-state index in [0.717, 1.165) is 66.6 Å². The third kappa shape index (κ3) is 12.1. The van der Waals surface area contributed by atoms with Crippen molar-refractivity contribution in [3.05, 3.63) is 144 Å². The van der Waals surface area contributed by atoms with Crippen LogP contribution in [0.15, 0.2) is 121 Å². The highest BCUT2D eigenvalue weighted by Gasteiger charge is 2.20. The Morgan fingerprint density at radius 3 is 0.737 bits per heavy atom. The number of esters is 4. The van der Waals surface area contributed by atoms with Gasteiger partial charge in [-0.3, -0.25) is 0 Å². The molecule has 0 saturated carbocycles. The highest BCUT2D eigenvalue weighted by molar-refractivity contribution is 6.00. The summed E-state index contributed by atoms with van der Waals surface area (Å²) in [6, 6.07) is 37.8. The number of benzene rings is 4. The Hall–Kier alpha value is -9.44. The average molecular weight is 1020 g/mol. The van der Waals surface area contributed by atoms with E-state index >= 15 is 0 Å². The molecular weight excluding hydrogens is 969 g/mol. The number of carbonyl (C=O) groups is 4. The van der Waals surface area contributed by atoms with Gasteiger partial charge in [0, 0.05) is 44.3 Å². The van der Waals surface area contributed by atoms with E-state index < -0.39 is 23.9 Å². The number of fused-ring (bicyclic) bond motifs is 8. The zero-order valence-corrected chi connectivity index (χ0v) is 42.3. The van der Waals surface area contributed by atoms with Gasteiger partial charge in [0.05, 0.1) is 49.2 Å². The third-order valence-electron chi connectivity index (χ3n) is 12.0. The molecule has 2 aliphatic heterocycles. The van der Waals surface area contributed by atoms with Crippen LogP contribution in [0.3, 0.4) is 0 Å². The molecule has 7 aromatic rings. The topological polar surface area (TPSA) is 199 Å². The Labute approximate surface area is 437 Å². The summed E-state index contributed by atoms with van der Waals surface area (Å²) < 4.78 is 43.4. The molecule has 4 aromatic carbocycles. The average Bonchev–Trinajstić information content (AvgIpc) is 4.32. The first-order valence-electron chi connectivity index (χ1n) is 24.8. The first-order chi connectivity index (χ1) is 37.1. The number of carbonyl (C=O) groups excluding carboxylic acids is 4. The van der Waals surface area contributed by atoms with E-state index in [4.69, 9.17) is 47.9 Å². The van der Waals surface area contributed by atoms with Gasteiger partial charge in [-0.05, 0) is 147 Å². The summed E-state index contributed by atoms with van der Waals surface area (Å²) in [5, 5.41) is 0. The zero-order chi connectivity index (χ0) is 53.0. The smallest absolute Gasteiger partial charge is 0.344 e. The van der Waals surface area contributed by atoms with Crippen molar-refractivity contribution in [1.29, 1.82) is 0 Å². The van der Waals surface area contributed by atoms with Crippen LogP contribution in [0.4, 0.5) is 0 Å². The van der Waals surface area contributed by atoms with Crippen molar-refractivity contribution in [2.75, 3.05) is 52.9 Å². The molecule has 8 bridgehead atoms. The highest BCUT2D eigenvalue weighted by atomic mass is 16.6. The van der Waals surface area contributed by atoms with Crippen LogP contribution in [-0.2, 0) is 38.1 Å². The van der Waals surface area contributed by atoms with E-state index in [1.54, 1.807) is 76.2 Å². The van der Waals surface area contributed by atoms with Crippen LogP contribution in [-0.4, -0.2) is 96.7 Å². The van der Waals surface area contributed by atoms with E-state index in [0.29, 0.717) is 45.8 Å². The van der Waals surface area contributed by atoms with E-state index in [1.807, 2.05) is 97.1 Å². The number of H-pyrrole nitrogens is 2. The normalized spacial score (nSPS) is 11.4. The molecule has 0 unspecified atom stereocenters. The highest BCUT2D eigenvalue weighted by Crippen LogP contribution is 2.39. The third-order valence-corrected chi connectivity index (χ3v) is 12.0. The van der Waals surface area contributed by atoms with E-state index in [9.17, 15) is 19.2 Å². The van der Waals surface area contributed by atoms with Crippen LogP contribution < -0.4 is 18.9 Å². The molecule has 2 N–H and O–H groups in total. The summed E-state index contributed by atoms with van der Waals surface area (Å²) >= 11 is 0. The molecule has 16 nitrogen and oxygen atoms in total. The molecule has 386 valence electrons. The van der Waals surface area contributed by atoms with Crippen molar-refractivity contribution in [3.63, 3.8) is 0 Å². The second-order valence-corrected chi connectivity index (χ2v) is 17.0. The van der Waals surface area contributed by atoms with Crippen molar-refractivity contribution < 1.29 is 57.1 Å². The first-order valence-corrected chi connectivity index (χ1v) is 24.8. The van der Waals surface area contributed by atoms with Gasteiger partial charge in [-0.25, -0.2) is 29.1 Å². The summed E-state index contributed by atoms with van der Waals surface area (Å²) in [7, 11) is 0. The fourth-order valence-electron chi connectivity index (χ4n) is 8.67. The van der Waals surface area contributed by atoms with Crippen molar-refractivity contribution in [3.8, 4) is 67.5 Å². The molecule has 0 aliphatic carbocycles. The largest absolute Gasteiger partial charge is 0.482 e. The van der Waals surface area contributed by atoms with Crippen LogP contribution in [0.2, 0.25) is 0 Å². The second-order valence-electron chi connectivity index (χ2n) is 17.0. The van der Waals surface area contributed by atoms with Gasteiger partial charge in [0.15, 0.2) is 26.4 Å². The number of hydrogen-bond acceptors (Lipinski definition) is 14. The lowest BCUT2D eigenvalue weighted by Crippen LogP contribution is -2.14. The van der Waals surface area contributed by atoms with Gasteiger partial charge in [-0.1, -0.05) is 48.5 Å². The summed E-state index contributed by atoms with van der Waals surface area (Å²) in [5.74, 6) is 0.0750. The molecule has 0 radical (unpaired) electrons. The molecule has 0 saturated heterocycles. The van der Waals surface area contributed by atoms with Crippen molar-refractivity contribution in [2.45, 2.75) is 27.7 Å². The lowest BCUT2D eigenvalue weighted by Gasteiger charge is -2.10.